The van der Waals surface area contributed by atoms with E-state index >= 15 is 0 Å². The minimum absolute atomic E-state index is 0.106. The molecule has 0 aliphatic carbocycles. The Hall–Kier alpha value is -2.67. The molecule has 1 atom stereocenters. The van der Waals surface area contributed by atoms with Gasteiger partial charge in [0, 0.05) is 16.7 Å². The highest BCUT2D eigenvalue weighted by Gasteiger charge is 2.36. The van der Waals surface area contributed by atoms with Crippen molar-refractivity contribution in [3.63, 3.8) is 0 Å². The number of rotatable bonds is 4. The van der Waals surface area contributed by atoms with Gasteiger partial charge in [0.1, 0.15) is 5.82 Å². The summed E-state index contributed by atoms with van der Waals surface area (Å²) in [5.74, 6) is 0.356. The van der Waals surface area contributed by atoms with Crippen LogP contribution in [0.3, 0.4) is 0 Å². The fourth-order valence-corrected chi connectivity index (χ4v) is 2.96. The van der Waals surface area contributed by atoms with E-state index in [-0.39, 0.29) is 11.3 Å². The molecular formula is C17H15ClFNO5. The van der Waals surface area contributed by atoms with Crippen LogP contribution < -0.4 is 19.5 Å². The number of carbonyl (C=O) groups excluding carboxylic acids is 1. The first kappa shape index (κ1) is 17.2. The molecule has 0 spiro atoms. The van der Waals surface area contributed by atoms with Gasteiger partial charge in [0.05, 0.1) is 32.6 Å². The third kappa shape index (κ3) is 2.91. The van der Waals surface area contributed by atoms with Crippen molar-refractivity contribution in [1.29, 1.82) is 0 Å². The lowest BCUT2D eigenvalue weighted by atomic mass is 9.96. The molecule has 0 radical (unpaired) electrons. The number of amides is 1. The number of methoxy groups -OCH3 is 3. The largest absolute Gasteiger partial charge is 0.493 e. The van der Waals surface area contributed by atoms with Gasteiger partial charge in [0.2, 0.25) is 5.75 Å². The van der Waals surface area contributed by atoms with Gasteiger partial charge in [-0.05, 0) is 18.2 Å². The van der Waals surface area contributed by atoms with Crippen LogP contribution in [-0.4, -0.2) is 27.4 Å². The second-order valence-corrected chi connectivity index (χ2v) is 5.62. The highest BCUT2D eigenvalue weighted by Crippen LogP contribution is 2.50. The molecule has 2 aromatic carbocycles. The first-order valence-electron chi connectivity index (χ1n) is 7.25. The molecule has 0 bridgehead atoms. The average Bonchev–Trinajstić information content (AvgIpc) is 2.61. The fraction of sp³-hybridized carbons (Fsp3) is 0.235. The van der Waals surface area contributed by atoms with Crippen molar-refractivity contribution in [2.75, 3.05) is 26.6 Å². The van der Waals surface area contributed by atoms with Gasteiger partial charge in [-0.15, -0.1) is 0 Å². The van der Waals surface area contributed by atoms with E-state index in [1.807, 2.05) is 0 Å². The Morgan fingerprint density at radius 1 is 1.12 bits per heavy atom. The molecule has 25 heavy (non-hydrogen) atoms. The van der Waals surface area contributed by atoms with E-state index in [1.165, 1.54) is 39.5 Å². The average molecular weight is 368 g/mol. The van der Waals surface area contributed by atoms with Gasteiger partial charge < -0.3 is 18.9 Å². The van der Waals surface area contributed by atoms with Gasteiger partial charge in [-0.1, -0.05) is 11.6 Å². The third-order valence-electron chi connectivity index (χ3n) is 3.83. The number of benzene rings is 2. The minimum atomic E-state index is -1.06. The maximum absolute atomic E-state index is 14.4. The summed E-state index contributed by atoms with van der Waals surface area (Å²) in [5.41, 5.74) is 0.880. The lowest BCUT2D eigenvalue weighted by molar-refractivity contribution is 0.122. The summed E-state index contributed by atoms with van der Waals surface area (Å²) in [6.07, 6.45) is -1.79. The number of carbonyl (C=O) groups is 1. The summed E-state index contributed by atoms with van der Waals surface area (Å²) < 4.78 is 35.8. The van der Waals surface area contributed by atoms with Crippen LogP contribution >= 0.6 is 11.6 Å². The Kier molecular flexibility index (Phi) is 4.59. The van der Waals surface area contributed by atoms with Gasteiger partial charge in [-0.3, -0.25) is 5.32 Å². The number of nitrogens with one attached hydrogen (secondary N) is 1. The molecular weight excluding hydrogens is 353 g/mol. The summed E-state index contributed by atoms with van der Waals surface area (Å²) in [6.45, 7) is 0. The molecule has 1 unspecified atom stereocenters. The number of fused-ring (bicyclic) bond motifs is 1. The SMILES string of the molecule is COc1cc2c(c(OC)c1OC)C(c1cc(Cl)ccc1F)OC(=O)N2. The summed E-state index contributed by atoms with van der Waals surface area (Å²) in [6, 6.07) is 5.59. The molecule has 2 aromatic rings. The zero-order valence-corrected chi connectivity index (χ0v) is 14.4. The molecule has 3 rings (SSSR count). The van der Waals surface area contributed by atoms with E-state index in [9.17, 15) is 9.18 Å². The van der Waals surface area contributed by atoms with Crippen molar-refractivity contribution < 1.29 is 28.1 Å². The predicted molar refractivity (Wildman–Crippen MR) is 89.5 cm³/mol. The van der Waals surface area contributed by atoms with Crippen LogP contribution in [0.25, 0.3) is 0 Å². The summed E-state index contributed by atoms with van der Waals surface area (Å²) >= 11 is 5.98. The maximum atomic E-state index is 14.4. The highest BCUT2D eigenvalue weighted by molar-refractivity contribution is 6.30. The van der Waals surface area contributed by atoms with E-state index in [1.54, 1.807) is 6.07 Å². The number of anilines is 1. The first-order chi connectivity index (χ1) is 12.0. The Morgan fingerprint density at radius 3 is 2.48 bits per heavy atom. The normalized spacial score (nSPS) is 15.7. The number of cyclic esters (lactones) is 1. The summed E-state index contributed by atoms with van der Waals surface area (Å²) in [4.78, 5) is 12.0. The molecule has 0 aromatic heterocycles. The van der Waals surface area contributed by atoms with Crippen molar-refractivity contribution in [3.05, 3.63) is 46.2 Å². The molecule has 1 N–H and O–H groups in total. The van der Waals surface area contributed by atoms with Crippen LogP contribution in [0.15, 0.2) is 24.3 Å². The Balaban J connectivity index is 2.29. The fourth-order valence-electron chi connectivity index (χ4n) is 2.78. The quantitative estimate of drug-likeness (QED) is 0.879. The van der Waals surface area contributed by atoms with Gasteiger partial charge in [0.25, 0.3) is 0 Å². The summed E-state index contributed by atoms with van der Waals surface area (Å²) in [7, 11) is 4.34. The second kappa shape index (κ2) is 6.68. The number of halogens is 2. The lowest BCUT2D eigenvalue weighted by Crippen LogP contribution is -2.26. The van der Waals surface area contributed by atoms with Crippen LogP contribution in [0.4, 0.5) is 14.9 Å². The molecule has 1 amide bonds. The van der Waals surface area contributed by atoms with Crippen molar-refractivity contribution in [3.8, 4) is 17.2 Å². The molecule has 1 heterocycles. The molecule has 8 heteroatoms. The first-order valence-corrected chi connectivity index (χ1v) is 7.63. The zero-order chi connectivity index (χ0) is 18.1. The van der Waals surface area contributed by atoms with E-state index < -0.39 is 18.0 Å². The van der Waals surface area contributed by atoms with E-state index in [0.29, 0.717) is 27.8 Å². The van der Waals surface area contributed by atoms with Gasteiger partial charge in [0.15, 0.2) is 17.6 Å². The van der Waals surface area contributed by atoms with Gasteiger partial charge >= 0.3 is 6.09 Å². The predicted octanol–water partition coefficient (Wildman–Crippen LogP) is 4.16. The molecule has 1 aliphatic rings. The second-order valence-electron chi connectivity index (χ2n) is 5.18. The van der Waals surface area contributed by atoms with E-state index in [4.69, 9.17) is 30.5 Å². The maximum Gasteiger partial charge on any atom is 0.412 e. The van der Waals surface area contributed by atoms with Crippen LogP contribution in [0, 0.1) is 5.82 Å². The van der Waals surface area contributed by atoms with Crippen LogP contribution in [0.1, 0.15) is 17.2 Å². The molecule has 0 saturated carbocycles. The third-order valence-corrected chi connectivity index (χ3v) is 4.07. The van der Waals surface area contributed by atoms with E-state index in [2.05, 4.69) is 5.32 Å². The van der Waals surface area contributed by atoms with Crippen LogP contribution in [0.2, 0.25) is 5.02 Å². The lowest BCUT2D eigenvalue weighted by Gasteiger charge is -2.29. The monoisotopic (exact) mass is 367 g/mol. The standard InChI is InChI=1S/C17H15ClFNO5/c1-22-12-7-11-13(16(24-3)15(12)23-2)14(25-17(21)20-11)9-6-8(18)4-5-10(9)19/h4-7,14H,1-3H3,(H,20,21). The number of ether oxygens (including phenoxy) is 4. The summed E-state index contributed by atoms with van der Waals surface area (Å²) in [5, 5.41) is 2.87. The van der Waals surface area contributed by atoms with Gasteiger partial charge in [-0.2, -0.15) is 0 Å². The molecule has 6 nitrogen and oxygen atoms in total. The number of hydrogen-bond donors (Lipinski definition) is 1. The highest BCUT2D eigenvalue weighted by atomic mass is 35.5. The van der Waals surface area contributed by atoms with Crippen LogP contribution in [0.5, 0.6) is 17.2 Å². The van der Waals surface area contributed by atoms with Crippen molar-refractivity contribution in [2.24, 2.45) is 0 Å². The molecule has 132 valence electrons. The van der Waals surface area contributed by atoms with Crippen LogP contribution in [-0.2, 0) is 4.74 Å². The van der Waals surface area contributed by atoms with Crippen molar-refractivity contribution in [1.82, 2.24) is 0 Å². The zero-order valence-electron chi connectivity index (χ0n) is 13.7. The number of hydrogen-bond acceptors (Lipinski definition) is 5. The Bertz CT molecular complexity index is 842. The topological polar surface area (TPSA) is 66.0 Å². The smallest absolute Gasteiger partial charge is 0.412 e. The minimum Gasteiger partial charge on any atom is -0.493 e. The Morgan fingerprint density at radius 2 is 1.84 bits per heavy atom. The molecule has 0 fully saturated rings. The molecule has 0 saturated heterocycles. The van der Waals surface area contributed by atoms with Crippen molar-refractivity contribution >= 4 is 23.4 Å². The van der Waals surface area contributed by atoms with Gasteiger partial charge in [-0.25, -0.2) is 9.18 Å². The van der Waals surface area contributed by atoms with Crippen molar-refractivity contribution in [2.45, 2.75) is 6.10 Å². The van der Waals surface area contributed by atoms with E-state index in [0.717, 1.165) is 0 Å². The molecule has 1 aliphatic heterocycles. The Labute approximate surface area is 148 Å².